The van der Waals surface area contributed by atoms with Crippen molar-refractivity contribution in [3.63, 3.8) is 0 Å². The molecule has 0 bridgehead atoms. The molecular formula is C13H13F3N2O2. The van der Waals surface area contributed by atoms with Crippen LogP contribution in [-0.2, 0) is 15.8 Å². The monoisotopic (exact) mass is 286 g/mol. The van der Waals surface area contributed by atoms with Crippen LogP contribution in [0.4, 0.5) is 18.9 Å². The summed E-state index contributed by atoms with van der Waals surface area (Å²) in [6.45, 7) is 0. The zero-order valence-corrected chi connectivity index (χ0v) is 10.7. The molecule has 0 saturated heterocycles. The molecule has 0 unspecified atom stereocenters. The maximum atomic E-state index is 12.8. The van der Waals surface area contributed by atoms with Gasteiger partial charge in [-0.05, 0) is 25.0 Å². The molecule has 0 radical (unpaired) electrons. The van der Waals surface area contributed by atoms with Crippen molar-refractivity contribution in [2.45, 2.75) is 19.0 Å². The van der Waals surface area contributed by atoms with Crippen LogP contribution >= 0.6 is 0 Å². The third-order valence-corrected chi connectivity index (χ3v) is 3.33. The number of para-hydroxylation sites is 1. The SMILES string of the molecule is CNC(=O)C1(C(=O)Nc2ccccc2C(F)(F)F)CC1. The van der Waals surface area contributed by atoms with E-state index in [1.165, 1.54) is 25.2 Å². The second-order valence-electron chi connectivity index (χ2n) is 4.66. The molecule has 108 valence electrons. The maximum absolute atomic E-state index is 12.8. The van der Waals surface area contributed by atoms with Gasteiger partial charge >= 0.3 is 6.18 Å². The van der Waals surface area contributed by atoms with Crippen molar-refractivity contribution in [3.05, 3.63) is 29.8 Å². The second kappa shape index (κ2) is 4.81. The van der Waals surface area contributed by atoms with Crippen LogP contribution in [0.25, 0.3) is 0 Å². The van der Waals surface area contributed by atoms with Gasteiger partial charge < -0.3 is 10.6 Å². The maximum Gasteiger partial charge on any atom is 0.418 e. The Morgan fingerprint density at radius 2 is 1.75 bits per heavy atom. The fourth-order valence-corrected chi connectivity index (χ4v) is 2.00. The van der Waals surface area contributed by atoms with Gasteiger partial charge in [0.1, 0.15) is 5.41 Å². The molecule has 1 aliphatic carbocycles. The summed E-state index contributed by atoms with van der Waals surface area (Å²) < 4.78 is 38.4. The highest BCUT2D eigenvalue weighted by Gasteiger charge is 2.56. The summed E-state index contributed by atoms with van der Waals surface area (Å²) in [4.78, 5) is 23.7. The van der Waals surface area contributed by atoms with Crippen molar-refractivity contribution in [2.75, 3.05) is 12.4 Å². The standard InChI is InChI=1S/C13H13F3N2O2/c1-17-10(19)12(6-7-12)11(20)18-9-5-3-2-4-8(9)13(14,15)16/h2-5H,6-7H2,1H3,(H,17,19)(H,18,20). The van der Waals surface area contributed by atoms with E-state index in [1.807, 2.05) is 0 Å². The van der Waals surface area contributed by atoms with Gasteiger partial charge in [0.25, 0.3) is 0 Å². The molecule has 0 aromatic heterocycles. The number of carbonyl (C=O) groups is 2. The normalized spacial score (nSPS) is 16.4. The molecule has 0 atom stereocenters. The van der Waals surface area contributed by atoms with E-state index in [9.17, 15) is 22.8 Å². The van der Waals surface area contributed by atoms with Gasteiger partial charge in [-0.25, -0.2) is 0 Å². The summed E-state index contributed by atoms with van der Waals surface area (Å²) in [6.07, 6.45) is -3.88. The third-order valence-electron chi connectivity index (χ3n) is 3.33. The number of carbonyl (C=O) groups excluding carboxylic acids is 2. The van der Waals surface area contributed by atoms with Gasteiger partial charge in [0, 0.05) is 7.05 Å². The number of halogens is 3. The minimum absolute atomic E-state index is 0.333. The van der Waals surface area contributed by atoms with Gasteiger partial charge in [-0.2, -0.15) is 13.2 Å². The predicted octanol–water partition coefficient (Wildman–Crippen LogP) is 2.17. The van der Waals surface area contributed by atoms with Crippen molar-refractivity contribution < 1.29 is 22.8 Å². The van der Waals surface area contributed by atoms with E-state index >= 15 is 0 Å². The molecule has 0 aliphatic heterocycles. The van der Waals surface area contributed by atoms with Crippen molar-refractivity contribution in [1.29, 1.82) is 0 Å². The molecule has 7 heteroatoms. The molecule has 1 aliphatic rings. The molecule has 1 aromatic rings. The summed E-state index contributed by atoms with van der Waals surface area (Å²) in [5.41, 5.74) is -2.49. The van der Waals surface area contributed by atoms with Crippen LogP contribution in [-0.4, -0.2) is 18.9 Å². The zero-order valence-electron chi connectivity index (χ0n) is 10.7. The topological polar surface area (TPSA) is 58.2 Å². The number of anilines is 1. The Kier molecular flexibility index (Phi) is 3.45. The highest BCUT2D eigenvalue weighted by molar-refractivity contribution is 6.13. The number of nitrogens with one attached hydrogen (secondary N) is 2. The van der Waals surface area contributed by atoms with Gasteiger partial charge in [-0.15, -0.1) is 0 Å². The van der Waals surface area contributed by atoms with E-state index in [0.29, 0.717) is 12.8 Å². The molecule has 1 fully saturated rings. The minimum atomic E-state index is -4.56. The number of hydrogen-bond donors (Lipinski definition) is 2. The Morgan fingerprint density at radius 3 is 2.25 bits per heavy atom. The van der Waals surface area contributed by atoms with Gasteiger partial charge in [0.2, 0.25) is 11.8 Å². The summed E-state index contributed by atoms with van der Waals surface area (Å²) in [6, 6.07) is 4.68. The van der Waals surface area contributed by atoms with Crippen molar-refractivity contribution in [1.82, 2.24) is 5.32 Å². The zero-order chi connectivity index (χ0) is 15.0. The van der Waals surface area contributed by atoms with Crippen LogP contribution in [0.3, 0.4) is 0 Å². The molecule has 2 N–H and O–H groups in total. The molecule has 1 aromatic carbocycles. The molecule has 1 saturated carbocycles. The Morgan fingerprint density at radius 1 is 1.15 bits per heavy atom. The van der Waals surface area contributed by atoms with E-state index < -0.39 is 29.0 Å². The van der Waals surface area contributed by atoms with Crippen LogP contribution in [0.2, 0.25) is 0 Å². The lowest BCUT2D eigenvalue weighted by Gasteiger charge is -2.17. The van der Waals surface area contributed by atoms with Crippen molar-refractivity contribution in [2.24, 2.45) is 5.41 Å². The molecule has 0 heterocycles. The Hall–Kier alpha value is -2.05. The van der Waals surface area contributed by atoms with E-state index in [4.69, 9.17) is 0 Å². The smallest absolute Gasteiger partial charge is 0.358 e. The van der Waals surface area contributed by atoms with Crippen LogP contribution in [0, 0.1) is 5.41 Å². The van der Waals surface area contributed by atoms with Crippen LogP contribution in [0.5, 0.6) is 0 Å². The number of amides is 2. The van der Waals surface area contributed by atoms with Gasteiger partial charge in [0.05, 0.1) is 11.3 Å². The molecule has 2 rings (SSSR count). The molecule has 20 heavy (non-hydrogen) atoms. The fourth-order valence-electron chi connectivity index (χ4n) is 2.00. The van der Waals surface area contributed by atoms with Crippen LogP contribution in [0.1, 0.15) is 18.4 Å². The summed E-state index contributed by atoms with van der Waals surface area (Å²) in [5.74, 6) is -1.17. The highest BCUT2D eigenvalue weighted by Crippen LogP contribution is 2.47. The summed E-state index contributed by atoms with van der Waals surface area (Å²) in [7, 11) is 1.39. The van der Waals surface area contributed by atoms with Crippen LogP contribution in [0.15, 0.2) is 24.3 Å². The van der Waals surface area contributed by atoms with E-state index in [2.05, 4.69) is 10.6 Å². The Bertz CT molecular complexity index is 551. The first-order valence-electron chi connectivity index (χ1n) is 6.01. The number of hydrogen-bond acceptors (Lipinski definition) is 2. The molecule has 0 spiro atoms. The van der Waals surface area contributed by atoms with Gasteiger partial charge in [-0.3, -0.25) is 9.59 Å². The largest absolute Gasteiger partial charge is 0.418 e. The summed E-state index contributed by atoms with van der Waals surface area (Å²) in [5, 5.41) is 4.57. The average Bonchev–Trinajstić information content (AvgIpc) is 3.18. The molecule has 2 amide bonds. The van der Waals surface area contributed by atoms with E-state index in [0.717, 1.165) is 6.07 Å². The number of benzene rings is 1. The lowest BCUT2D eigenvalue weighted by molar-refractivity contribution is -0.137. The van der Waals surface area contributed by atoms with Crippen LogP contribution < -0.4 is 10.6 Å². The first-order chi connectivity index (χ1) is 9.31. The Balaban J connectivity index is 2.24. The highest BCUT2D eigenvalue weighted by atomic mass is 19.4. The molecule has 4 nitrogen and oxygen atoms in total. The lowest BCUT2D eigenvalue weighted by atomic mass is 10.0. The first-order valence-corrected chi connectivity index (χ1v) is 6.01. The average molecular weight is 286 g/mol. The number of alkyl halides is 3. The minimum Gasteiger partial charge on any atom is -0.358 e. The predicted molar refractivity (Wildman–Crippen MR) is 65.8 cm³/mol. The van der Waals surface area contributed by atoms with Gasteiger partial charge in [-0.1, -0.05) is 12.1 Å². The van der Waals surface area contributed by atoms with Crippen molar-refractivity contribution in [3.8, 4) is 0 Å². The van der Waals surface area contributed by atoms with Crippen molar-refractivity contribution >= 4 is 17.5 Å². The fraction of sp³-hybridized carbons (Fsp3) is 0.385. The van der Waals surface area contributed by atoms with E-state index in [-0.39, 0.29) is 5.69 Å². The lowest BCUT2D eigenvalue weighted by Crippen LogP contribution is -2.38. The van der Waals surface area contributed by atoms with E-state index in [1.54, 1.807) is 0 Å². The molecular weight excluding hydrogens is 273 g/mol. The quantitative estimate of drug-likeness (QED) is 0.837. The summed E-state index contributed by atoms with van der Waals surface area (Å²) >= 11 is 0. The Labute approximate surface area is 113 Å². The number of rotatable bonds is 3. The van der Waals surface area contributed by atoms with Gasteiger partial charge in [0.15, 0.2) is 0 Å². The second-order valence-corrected chi connectivity index (χ2v) is 4.66. The first kappa shape index (κ1) is 14.4. The third kappa shape index (κ3) is 2.48.